The molecule has 2 aromatic rings. The van der Waals surface area contributed by atoms with Crippen molar-refractivity contribution in [3.05, 3.63) is 59.1 Å². The third kappa shape index (κ3) is 10.3. The molecule has 2 rings (SSSR count). The summed E-state index contributed by atoms with van der Waals surface area (Å²) in [5, 5.41) is 9.30. The first-order valence-electron chi connectivity index (χ1n) is 12.4. The quantitative estimate of drug-likeness (QED) is 0.120. The first kappa shape index (κ1) is 30.0. The van der Waals surface area contributed by atoms with E-state index in [0.29, 0.717) is 48.5 Å². The number of carboxylic acid groups (broad SMARTS) is 1. The van der Waals surface area contributed by atoms with Crippen LogP contribution in [0.4, 0.5) is 4.39 Å². The van der Waals surface area contributed by atoms with Gasteiger partial charge in [0.25, 0.3) is 0 Å². The van der Waals surface area contributed by atoms with E-state index in [1.54, 1.807) is 31.2 Å². The molecule has 0 unspecified atom stereocenters. The summed E-state index contributed by atoms with van der Waals surface area (Å²) in [6.07, 6.45) is 4.66. The molecule has 0 spiro atoms. The first-order chi connectivity index (χ1) is 17.7. The van der Waals surface area contributed by atoms with Gasteiger partial charge in [0.05, 0.1) is 25.6 Å². The fourth-order valence-electron chi connectivity index (χ4n) is 3.19. The van der Waals surface area contributed by atoms with Gasteiger partial charge in [0.2, 0.25) is 5.76 Å². The minimum absolute atomic E-state index is 0.168. The topological polar surface area (TPSA) is 108 Å². The van der Waals surface area contributed by atoms with Crippen LogP contribution < -0.4 is 13.7 Å². The highest BCUT2D eigenvalue weighted by molar-refractivity contribution is 7.87. The van der Waals surface area contributed by atoms with E-state index in [0.717, 1.165) is 12.8 Å². The number of halogens is 1. The number of benzene rings is 2. The van der Waals surface area contributed by atoms with Gasteiger partial charge in [0.1, 0.15) is 0 Å². The fraction of sp³-hybridized carbons (Fsp3) is 0.444. The number of hydrogen-bond acceptors (Lipinski definition) is 7. The highest BCUT2D eigenvalue weighted by atomic mass is 32.2. The van der Waals surface area contributed by atoms with E-state index in [1.807, 2.05) is 13.8 Å². The molecule has 0 fully saturated rings. The molecule has 0 aliphatic carbocycles. The zero-order valence-electron chi connectivity index (χ0n) is 21.5. The summed E-state index contributed by atoms with van der Waals surface area (Å²) in [7, 11) is -3.84. The van der Waals surface area contributed by atoms with E-state index in [1.165, 1.54) is 18.2 Å². The minimum atomic E-state index is -3.84. The molecule has 0 saturated heterocycles. The largest absolute Gasteiger partial charge is 0.490 e. The van der Waals surface area contributed by atoms with Crippen LogP contribution in [0.25, 0.3) is 6.08 Å². The van der Waals surface area contributed by atoms with Crippen LogP contribution in [0.5, 0.6) is 17.2 Å². The molecule has 204 valence electrons. The molecule has 0 amide bonds. The number of hydrogen-bond donors (Lipinski definition) is 1. The highest BCUT2D eigenvalue weighted by Gasteiger charge is 2.16. The van der Waals surface area contributed by atoms with Gasteiger partial charge in [0.15, 0.2) is 23.1 Å². The Morgan fingerprint density at radius 3 is 2.30 bits per heavy atom. The second-order valence-electron chi connectivity index (χ2n) is 8.22. The van der Waals surface area contributed by atoms with Crippen LogP contribution in [0.2, 0.25) is 0 Å². The third-order valence-corrected chi connectivity index (χ3v) is 6.36. The van der Waals surface area contributed by atoms with E-state index in [9.17, 15) is 22.7 Å². The fourth-order valence-corrected chi connectivity index (χ4v) is 4.33. The molecule has 37 heavy (non-hydrogen) atoms. The van der Waals surface area contributed by atoms with Crippen LogP contribution in [0.3, 0.4) is 0 Å². The lowest BCUT2D eigenvalue weighted by Gasteiger charge is -2.14. The summed E-state index contributed by atoms with van der Waals surface area (Å²) >= 11 is 0. The molecular weight excluding hydrogens is 503 g/mol. The number of unbranched alkanes of at least 4 members (excludes halogenated alkanes) is 2. The van der Waals surface area contributed by atoms with E-state index in [4.69, 9.17) is 18.4 Å². The Morgan fingerprint density at radius 2 is 1.65 bits per heavy atom. The summed E-state index contributed by atoms with van der Waals surface area (Å²) in [4.78, 5) is 11.4. The average Bonchev–Trinajstić information content (AvgIpc) is 2.85. The number of carboxylic acids is 1. The van der Waals surface area contributed by atoms with Gasteiger partial charge in [-0.3, -0.25) is 0 Å². The second-order valence-corrected chi connectivity index (χ2v) is 9.91. The summed E-state index contributed by atoms with van der Waals surface area (Å²) in [6.45, 7) is 6.49. The predicted molar refractivity (Wildman–Crippen MR) is 139 cm³/mol. The molecule has 0 bridgehead atoms. The lowest BCUT2D eigenvalue weighted by molar-refractivity contribution is -0.136. The third-order valence-electron chi connectivity index (χ3n) is 5.14. The molecule has 0 atom stereocenters. The summed E-state index contributed by atoms with van der Waals surface area (Å²) in [5.41, 5.74) is 1.18. The van der Waals surface area contributed by atoms with Crippen LogP contribution in [-0.2, 0) is 26.1 Å². The number of rotatable bonds is 17. The van der Waals surface area contributed by atoms with Crippen LogP contribution in [-0.4, -0.2) is 45.1 Å². The molecular formula is C27H35FO8S. The van der Waals surface area contributed by atoms with Crippen molar-refractivity contribution in [1.29, 1.82) is 0 Å². The Balaban J connectivity index is 2.10. The maximum atomic E-state index is 14.4. The van der Waals surface area contributed by atoms with Gasteiger partial charge in [-0.25, -0.2) is 9.18 Å². The van der Waals surface area contributed by atoms with Crippen molar-refractivity contribution >= 4 is 22.2 Å². The lowest BCUT2D eigenvalue weighted by atomic mass is 10.1. The molecule has 0 aliphatic rings. The molecule has 0 radical (unpaired) electrons. The second kappa shape index (κ2) is 15.1. The van der Waals surface area contributed by atoms with Crippen molar-refractivity contribution in [2.24, 2.45) is 0 Å². The predicted octanol–water partition coefficient (Wildman–Crippen LogP) is 5.60. The number of carbonyl (C=O) groups is 1. The zero-order chi connectivity index (χ0) is 27.3. The van der Waals surface area contributed by atoms with Crippen molar-refractivity contribution in [3.63, 3.8) is 0 Å². The van der Waals surface area contributed by atoms with Gasteiger partial charge in [-0.2, -0.15) is 8.42 Å². The molecule has 0 heterocycles. The van der Waals surface area contributed by atoms with Crippen LogP contribution in [0.15, 0.2) is 42.2 Å². The van der Waals surface area contributed by atoms with Crippen molar-refractivity contribution in [2.75, 3.05) is 25.6 Å². The maximum absolute atomic E-state index is 14.4. The Morgan fingerprint density at radius 1 is 0.946 bits per heavy atom. The van der Waals surface area contributed by atoms with Crippen molar-refractivity contribution < 1.29 is 41.1 Å². The van der Waals surface area contributed by atoms with Crippen molar-refractivity contribution in [1.82, 2.24) is 0 Å². The van der Waals surface area contributed by atoms with Crippen LogP contribution >= 0.6 is 0 Å². The van der Waals surface area contributed by atoms with E-state index >= 15 is 0 Å². The van der Waals surface area contributed by atoms with Gasteiger partial charge in [-0.05, 0) is 61.2 Å². The van der Waals surface area contributed by atoms with Gasteiger partial charge >= 0.3 is 16.1 Å². The molecule has 10 heteroatoms. The van der Waals surface area contributed by atoms with E-state index in [2.05, 4.69) is 0 Å². The molecule has 1 N–H and O–H groups in total. The normalized spacial score (nSPS) is 11.7. The van der Waals surface area contributed by atoms with Crippen molar-refractivity contribution in [2.45, 2.75) is 52.9 Å². The monoisotopic (exact) mass is 538 g/mol. The van der Waals surface area contributed by atoms with E-state index < -0.39 is 21.9 Å². The van der Waals surface area contributed by atoms with Gasteiger partial charge in [0, 0.05) is 6.42 Å². The number of ether oxygens (including phenoxy) is 3. The Hall–Kier alpha value is -3.27. The molecule has 0 aromatic heterocycles. The van der Waals surface area contributed by atoms with Crippen molar-refractivity contribution in [3.8, 4) is 17.2 Å². The summed E-state index contributed by atoms with van der Waals surface area (Å²) in [6, 6.07) is 9.16. The number of aliphatic carboxylic acids is 1. The van der Waals surface area contributed by atoms with Gasteiger partial charge in [-0.1, -0.05) is 38.8 Å². The molecule has 0 aliphatic heterocycles. The van der Waals surface area contributed by atoms with Crippen LogP contribution in [0, 0.1) is 5.82 Å². The highest BCUT2D eigenvalue weighted by Crippen LogP contribution is 2.30. The Labute approximate surface area is 218 Å². The average molecular weight is 539 g/mol. The maximum Gasteiger partial charge on any atom is 0.371 e. The minimum Gasteiger partial charge on any atom is -0.490 e. The molecule has 0 saturated carbocycles. The summed E-state index contributed by atoms with van der Waals surface area (Å²) < 4.78 is 60.1. The molecule has 2 aromatic carbocycles. The first-order valence-corrected chi connectivity index (χ1v) is 13.9. The Bertz CT molecular complexity index is 1160. The van der Waals surface area contributed by atoms with Gasteiger partial charge in [-0.15, -0.1) is 0 Å². The SMILES string of the molecule is CCCCOc1cc(/C=C(\OCC)C(=O)O)ccc1OCCc1ccc(OS(=O)(=O)CCCC)c(F)c1. The Kier molecular flexibility index (Phi) is 12.2. The standard InChI is InChI=1S/C27H35FO8S/c1-4-7-14-34-25-18-21(19-26(27(29)30)33-6-3)10-12-24(25)35-15-13-20-9-11-23(22(28)17-20)36-37(31,32)16-8-5-2/h9-12,17-19H,4-8,13-16H2,1-3H3,(H,29,30)/b26-19-. The lowest BCUT2D eigenvalue weighted by Crippen LogP contribution is -2.14. The smallest absolute Gasteiger partial charge is 0.371 e. The van der Waals surface area contributed by atoms with Gasteiger partial charge < -0.3 is 23.5 Å². The zero-order valence-corrected chi connectivity index (χ0v) is 22.3. The van der Waals surface area contributed by atoms with E-state index in [-0.39, 0.29) is 30.5 Å². The summed E-state index contributed by atoms with van der Waals surface area (Å²) in [5.74, 6) is -1.69. The molecule has 8 nitrogen and oxygen atoms in total. The van der Waals surface area contributed by atoms with Crippen LogP contribution in [0.1, 0.15) is 57.6 Å².